The van der Waals surface area contributed by atoms with Crippen LogP contribution in [0.4, 0.5) is 0 Å². The normalized spacial score (nSPS) is 23.5. The van der Waals surface area contributed by atoms with E-state index in [0.29, 0.717) is 11.5 Å². The van der Waals surface area contributed by atoms with Gasteiger partial charge < -0.3 is 19.7 Å². The summed E-state index contributed by atoms with van der Waals surface area (Å²) in [5, 5.41) is 25.6. The average molecular weight is 416 g/mol. The van der Waals surface area contributed by atoms with E-state index in [1.54, 1.807) is 26.4 Å². The molecule has 0 aromatic heterocycles. The van der Waals surface area contributed by atoms with Gasteiger partial charge in [0.2, 0.25) is 0 Å². The number of halogens is 1. The molecule has 2 aliphatic heterocycles. The number of aliphatic hydroxyl groups excluding tert-OH is 1. The van der Waals surface area contributed by atoms with Gasteiger partial charge in [-0.25, -0.2) is 0 Å². The number of rotatable bonds is 2. The number of hydrogen-bond donors (Lipinski definition) is 2. The summed E-state index contributed by atoms with van der Waals surface area (Å²) in [5.74, 6) is 1.53. The van der Waals surface area contributed by atoms with Crippen molar-refractivity contribution >= 4 is 34.0 Å². The number of aromatic hydroxyl groups is 1. The monoisotopic (exact) mass is 415 g/mol. The van der Waals surface area contributed by atoms with Gasteiger partial charge in [0, 0.05) is 12.1 Å². The van der Waals surface area contributed by atoms with Gasteiger partial charge in [-0.1, -0.05) is 6.07 Å². The number of hydrogen-bond acceptors (Lipinski definition) is 5. The van der Waals surface area contributed by atoms with Crippen molar-refractivity contribution in [2.45, 2.75) is 38.0 Å². The largest absolute Gasteiger partial charge is 0.508 e. The van der Waals surface area contributed by atoms with Gasteiger partial charge >= 0.3 is 0 Å². The van der Waals surface area contributed by atoms with Crippen molar-refractivity contribution in [1.29, 1.82) is 0 Å². The summed E-state index contributed by atoms with van der Waals surface area (Å²) in [7, 11) is 3.26. The molecule has 0 radical (unpaired) electrons. The second-order valence-corrected chi connectivity index (χ2v) is 8.16. The van der Waals surface area contributed by atoms with Crippen molar-refractivity contribution in [2.24, 2.45) is 0 Å². The summed E-state index contributed by atoms with van der Waals surface area (Å²) < 4.78 is 11.1. The number of fused-ring (bicyclic) bond motifs is 7. The highest BCUT2D eigenvalue weighted by atomic mass is 35.5. The zero-order valence-electron chi connectivity index (χ0n) is 16.9. The van der Waals surface area contributed by atoms with Crippen LogP contribution < -0.4 is 9.47 Å². The molecule has 29 heavy (non-hydrogen) atoms. The van der Waals surface area contributed by atoms with Crippen LogP contribution in [0.25, 0.3) is 21.5 Å². The Morgan fingerprint density at radius 2 is 1.66 bits per heavy atom. The molecule has 2 aliphatic rings. The molecule has 2 N–H and O–H groups in total. The number of methoxy groups -OCH3 is 2. The highest BCUT2D eigenvalue weighted by Gasteiger charge is 2.48. The van der Waals surface area contributed by atoms with E-state index in [0.717, 1.165) is 58.6 Å². The van der Waals surface area contributed by atoms with E-state index >= 15 is 0 Å². The van der Waals surface area contributed by atoms with E-state index in [4.69, 9.17) is 9.47 Å². The third-order valence-electron chi connectivity index (χ3n) is 6.80. The molecule has 5 rings (SSSR count). The quantitative estimate of drug-likeness (QED) is 0.602. The lowest BCUT2D eigenvalue weighted by Crippen LogP contribution is -2.49. The smallest absolute Gasteiger partial charge is 0.161 e. The zero-order chi connectivity index (χ0) is 19.6. The summed E-state index contributed by atoms with van der Waals surface area (Å²) in [5.41, 5.74) is 1.87. The number of benzene rings is 3. The van der Waals surface area contributed by atoms with Crippen LogP contribution in [0.2, 0.25) is 0 Å². The van der Waals surface area contributed by atoms with Crippen LogP contribution in [0.1, 0.15) is 37.0 Å². The molecular weight excluding hydrogens is 390 g/mol. The van der Waals surface area contributed by atoms with E-state index in [9.17, 15) is 10.2 Å². The molecule has 0 bridgehead atoms. The summed E-state index contributed by atoms with van der Waals surface area (Å²) in [6, 6.07) is 9.38. The topological polar surface area (TPSA) is 62.2 Å². The summed E-state index contributed by atoms with van der Waals surface area (Å²) in [6.07, 6.45) is 1.50. The van der Waals surface area contributed by atoms with Gasteiger partial charge in [0.15, 0.2) is 11.5 Å². The Bertz CT molecular complexity index is 1120. The molecule has 6 heteroatoms. The van der Waals surface area contributed by atoms with Crippen molar-refractivity contribution in [2.75, 3.05) is 20.8 Å². The predicted octanol–water partition coefficient (Wildman–Crippen LogP) is 4.54. The van der Waals surface area contributed by atoms with Gasteiger partial charge in [0.1, 0.15) is 5.75 Å². The molecule has 0 aliphatic carbocycles. The highest BCUT2D eigenvalue weighted by molar-refractivity contribution is 6.12. The van der Waals surface area contributed by atoms with Crippen LogP contribution in [0.15, 0.2) is 30.3 Å². The Kier molecular flexibility index (Phi) is 4.80. The van der Waals surface area contributed by atoms with Gasteiger partial charge in [-0.15, -0.1) is 12.4 Å². The van der Waals surface area contributed by atoms with Crippen molar-refractivity contribution < 1.29 is 19.7 Å². The van der Waals surface area contributed by atoms with Crippen LogP contribution >= 0.6 is 12.4 Å². The van der Waals surface area contributed by atoms with Crippen molar-refractivity contribution in [3.05, 3.63) is 41.5 Å². The van der Waals surface area contributed by atoms with Crippen LogP contribution in [0.5, 0.6) is 17.2 Å². The van der Waals surface area contributed by atoms with E-state index in [2.05, 4.69) is 11.8 Å². The molecule has 2 atom stereocenters. The van der Waals surface area contributed by atoms with Crippen molar-refractivity contribution in [1.82, 2.24) is 4.90 Å². The third-order valence-corrected chi connectivity index (χ3v) is 6.80. The van der Waals surface area contributed by atoms with E-state index in [1.165, 1.54) is 0 Å². The second kappa shape index (κ2) is 6.94. The number of nitrogens with zero attached hydrogens (tertiary/aromatic N) is 1. The van der Waals surface area contributed by atoms with E-state index in [-0.39, 0.29) is 23.7 Å². The SMILES string of the molecule is COc1cc2c3c(c4ccc(O)cc4c2cc1OC)C(O)C1(C)CCCN1C3.Cl. The fourth-order valence-electron chi connectivity index (χ4n) is 5.24. The van der Waals surface area contributed by atoms with Gasteiger partial charge in [-0.05, 0) is 83.2 Å². The number of aliphatic hydroxyl groups is 1. The maximum atomic E-state index is 11.5. The summed E-state index contributed by atoms with van der Waals surface area (Å²) in [6.45, 7) is 3.96. The molecule has 2 heterocycles. The van der Waals surface area contributed by atoms with Crippen LogP contribution in [-0.2, 0) is 6.54 Å². The predicted molar refractivity (Wildman–Crippen MR) is 116 cm³/mol. The van der Waals surface area contributed by atoms with Gasteiger partial charge in [0.25, 0.3) is 0 Å². The minimum absolute atomic E-state index is 0. The Morgan fingerprint density at radius 3 is 2.34 bits per heavy atom. The maximum absolute atomic E-state index is 11.5. The van der Waals surface area contributed by atoms with Crippen molar-refractivity contribution in [3.63, 3.8) is 0 Å². The average Bonchev–Trinajstić information content (AvgIpc) is 3.09. The zero-order valence-corrected chi connectivity index (χ0v) is 17.7. The lowest BCUT2D eigenvalue weighted by Gasteiger charge is -2.45. The molecule has 5 nitrogen and oxygen atoms in total. The Balaban J connectivity index is 0.00000205. The van der Waals surface area contributed by atoms with E-state index in [1.807, 2.05) is 18.2 Å². The van der Waals surface area contributed by atoms with Crippen LogP contribution in [0.3, 0.4) is 0 Å². The minimum Gasteiger partial charge on any atom is -0.508 e. The van der Waals surface area contributed by atoms with Crippen molar-refractivity contribution in [3.8, 4) is 17.2 Å². The van der Waals surface area contributed by atoms with Gasteiger partial charge in [-0.2, -0.15) is 0 Å². The second-order valence-electron chi connectivity index (χ2n) is 8.16. The molecule has 0 amide bonds. The first-order chi connectivity index (χ1) is 13.5. The number of phenols is 1. The third kappa shape index (κ3) is 2.68. The van der Waals surface area contributed by atoms with E-state index < -0.39 is 6.10 Å². The fraction of sp³-hybridized carbons (Fsp3) is 0.391. The first-order valence-electron chi connectivity index (χ1n) is 9.74. The molecule has 1 saturated heterocycles. The van der Waals surface area contributed by atoms with Gasteiger partial charge in [-0.3, -0.25) is 4.90 Å². The van der Waals surface area contributed by atoms with Crippen LogP contribution in [0, 0.1) is 0 Å². The molecule has 2 unspecified atom stereocenters. The molecular formula is C23H26ClNO4. The van der Waals surface area contributed by atoms with Crippen LogP contribution in [-0.4, -0.2) is 41.4 Å². The number of ether oxygens (including phenoxy) is 2. The standard InChI is InChI=1S/C23H25NO4.ClH/c1-23-7-4-8-24(23)12-18-17-11-20(28-3)19(27-2)10-16(17)15-9-13(25)5-6-14(15)21(18)22(23)26;/h5-6,9-11,22,25-26H,4,7-8,12H2,1-3H3;1H. The lowest BCUT2D eigenvalue weighted by atomic mass is 9.77. The molecule has 0 spiro atoms. The molecule has 3 aromatic carbocycles. The highest BCUT2D eigenvalue weighted by Crippen LogP contribution is 2.51. The fourth-order valence-corrected chi connectivity index (χ4v) is 5.24. The first-order valence-corrected chi connectivity index (χ1v) is 9.74. The molecule has 1 fully saturated rings. The minimum atomic E-state index is -0.580. The molecule has 3 aromatic rings. The first kappa shape index (κ1) is 20.1. The Labute approximate surface area is 176 Å². The Morgan fingerprint density at radius 1 is 1.00 bits per heavy atom. The van der Waals surface area contributed by atoms with Gasteiger partial charge in [0.05, 0.1) is 20.3 Å². The lowest BCUT2D eigenvalue weighted by molar-refractivity contribution is -0.0142. The molecule has 154 valence electrons. The summed E-state index contributed by atoms with van der Waals surface area (Å²) >= 11 is 0. The molecule has 0 saturated carbocycles. The number of phenolic OH excluding ortho intramolecular Hbond substituents is 1. The summed E-state index contributed by atoms with van der Waals surface area (Å²) in [4.78, 5) is 2.41. The maximum Gasteiger partial charge on any atom is 0.161 e. The Hall–Kier alpha value is -2.21.